The third-order valence-electron chi connectivity index (χ3n) is 6.41. The maximum atomic E-state index is 14.7. The van der Waals surface area contributed by atoms with E-state index in [2.05, 4.69) is 5.32 Å². The molecule has 3 aromatic rings. The van der Waals surface area contributed by atoms with Crippen molar-refractivity contribution < 1.29 is 23.1 Å². The van der Waals surface area contributed by atoms with Gasteiger partial charge in [-0.1, -0.05) is 41.0 Å². The van der Waals surface area contributed by atoms with Crippen molar-refractivity contribution >= 4 is 64.2 Å². The minimum absolute atomic E-state index is 0.124. The van der Waals surface area contributed by atoms with Crippen LogP contribution >= 0.6 is 35.0 Å². The maximum Gasteiger partial charge on any atom is 0.410 e. The molecule has 3 heterocycles. The number of benzene rings is 2. The molecule has 0 saturated carbocycles. The van der Waals surface area contributed by atoms with E-state index >= 15 is 0 Å². The van der Waals surface area contributed by atoms with Crippen LogP contribution in [-0.4, -0.2) is 53.8 Å². The summed E-state index contributed by atoms with van der Waals surface area (Å²) >= 11 is 14.0. The van der Waals surface area contributed by atoms with Crippen molar-refractivity contribution in [1.29, 1.82) is 0 Å². The van der Waals surface area contributed by atoms with E-state index in [4.69, 9.17) is 32.9 Å². The average Bonchev–Trinajstić information content (AvgIpc) is 2.90. The number of halogens is 4. The number of fused-ring (bicyclic) bond motifs is 1. The molecule has 0 radical (unpaired) electrons. The number of pyridine rings is 1. The summed E-state index contributed by atoms with van der Waals surface area (Å²) in [5.41, 5.74) is 1.29. The zero-order valence-electron chi connectivity index (χ0n) is 22.5. The summed E-state index contributed by atoms with van der Waals surface area (Å²) in [6, 6.07) is 9.69. The van der Waals surface area contributed by atoms with Crippen LogP contribution in [0.1, 0.15) is 26.5 Å². The molecule has 1 fully saturated rings. The van der Waals surface area contributed by atoms with Gasteiger partial charge in [-0.05, 0) is 51.1 Å². The van der Waals surface area contributed by atoms with Gasteiger partial charge in [0.2, 0.25) is 0 Å². The number of aromatic nitrogens is 1. The van der Waals surface area contributed by atoms with Crippen molar-refractivity contribution in [2.45, 2.75) is 42.8 Å². The molecular weight excluding hydrogens is 595 g/mol. The van der Waals surface area contributed by atoms with E-state index < -0.39 is 29.4 Å². The number of anilines is 3. The predicted octanol–water partition coefficient (Wildman–Crippen LogP) is 7.24. The Kier molecular flexibility index (Phi) is 8.22. The summed E-state index contributed by atoms with van der Waals surface area (Å²) in [4.78, 5) is 35.8. The van der Waals surface area contributed by atoms with Gasteiger partial charge in [0.25, 0.3) is 0 Å². The van der Waals surface area contributed by atoms with Gasteiger partial charge in [-0.3, -0.25) is 4.90 Å². The van der Waals surface area contributed by atoms with Crippen molar-refractivity contribution in [2.24, 2.45) is 0 Å². The first-order valence-electron chi connectivity index (χ1n) is 12.8. The smallest absolute Gasteiger partial charge is 0.410 e. The monoisotopic (exact) mass is 621 g/mol. The molecule has 0 aliphatic carbocycles. The second-order valence-corrected chi connectivity index (χ2v) is 12.3. The lowest BCUT2D eigenvalue weighted by Crippen LogP contribution is -2.50. The van der Waals surface area contributed by atoms with Gasteiger partial charge in [-0.15, -0.1) is 0 Å². The Morgan fingerprint density at radius 1 is 1.02 bits per heavy atom. The summed E-state index contributed by atoms with van der Waals surface area (Å²) in [5, 5.41) is 3.80. The fourth-order valence-corrected chi connectivity index (χ4v) is 6.04. The van der Waals surface area contributed by atoms with E-state index in [1.807, 2.05) is 25.7 Å². The van der Waals surface area contributed by atoms with Gasteiger partial charge in [0.05, 0.1) is 39.3 Å². The number of piperazine rings is 1. The molecule has 2 aliphatic rings. The highest BCUT2D eigenvalue weighted by molar-refractivity contribution is 7.99. The molecule has 8 nitrogen and oxygen atoms in total. The topological polar surface area (TPSA) is 78.0 Å². The van der Waals surface area contributed by atoms with Crippen LogP contribution < -0.4 is 15.1 Å². The molecule has 1 aromatic heterocycles. The van der Waals surface area contributed by atoms with Crippen LogP contribution in [0.4, 0.5) is 35.4 Å². The molecule has 2 aliphatic heterocycles. The van der Waals surface area contributed by atoms with Gasteiger partial charge in [0.15, 0.2) is 0 Å². The number of urea groups is 1. The molecule has 216 valence electrons. The summed E-state index contributed by atoms with van der Waals surface area (Å²) in [6.07, 6.45) is -0.403. The first-order chi connectivity index (χ1) is 19.4. The lowest BCUT2D eigenvalue weighted by molar-refractivity contribution is 0.0240. The fraction of sp³-hybridized carbons (Fsp3) is 0.321. The first kappa shape index (κ1) is 29.2. The van der Waals surface area contributed by atoms with E-state index in [0.717, 1.165) is 17.8 Å². The predicted molar refractivity (Wildman–Crippen MR) is 156 cm³/mol. The van der Waals surface area contributed by atoms with Crippen LogP contribution in [0.3, 0.4) is 0 Å². The minimum Gasteiger partial charge on any atom is -0.444 e. The Labute approximate surface area is 250 Å². The summed E-state index contributed by atoms with van der Waals surface area (Å²) < 4.78 is 33.8. The number of carbonyl (C=O) groups excluding carboxylic acids is 2. The van der Waals surface area contributed by atoms with E-state index in [-0.39, 0.29) is 21.5 Å². The average molecular weight is 623 g/mol. The summed E-state index contributed by atoms with van der Waals surface area (Å²) in [7, 11) is 0. The lowest BCUT2D eigenvalue weighted by atomic mass is 10.1. The number of hydrogen-bond acceptors (Lipinski definition) is 6. The number of ether oxygens (including phenoxy) is 1. The number of carbonyl (C=O) groups is 2. The summed E-state index contributed by atoms with van der Waals surface area (Å²) in [5.74, 6) is -1.40. The fourth-order valence-electron chi connectivity index (χ4n) is 4.53. The van der Waals surface area contributed by atoms with Crippen molar-refractivity contribution in [3.05, 3.63) is 69.8 Å². The molecule has 1 N–H and O–H groups in total. The molecule has 0 atom stereocenters. The van der Waals surface area contributed by atoms with E-state index in [1.165, 1.54) is 17.0 Å². The maximum absolute atomic E-state index is 14.7. The molecule has 41 heavy (non-hydrogen) atoms. The van der Waals surface area contributed by atoms with Crippen molar-refractivity contribution in [3.63, 3.8) is 0 Å². The van der Waals surface area contributed by atoms with Crippen LogP contribution in [0.25, 0.3) is 0 Å². The number of hydrogen-bond donors (Lipinski definition) is 1. The Morgan fingerprint density at radius 3 is 2.34 bits per heavy atom. The first-order valence-corrected chi connectivity index (χ1v) is 14.4. The third kappa shape index (κ3) is 6.32. The Hall–Kier alpha value is -3.28. The van der Waals surface area contributed by atoms with Gasteiger partial charge in [-0.2, -0.15) is 0 Å². The zero-order valence-corrected chi connectivity index (χ0v) is 24.8. The van der Waals surface area contributed by atoms with Crippen LogP contribution in [0.15, 0.2) is 52.4 Å². The number of amides is 3. The highest BCUT2D eigenvalue weighted by Crippen LogP contribution is 2.44. The largest absolute Gasteiger partial charge is 0.444 e. The summed E-state index contributed by atoms with van der Waals surface area (Å²) in [6.45, 7) is 7.17. The van der Waals surface area contributed by atoms with Crippen LogP contribution in [-0.2, 0) is 11.3 Å². The SMILES string of the molecule is CC(C)(C)OC(=O)N1CCN(c2cc3c(nc2Sc2ccc(F)cc2F)CNC(=O)N3c2c(Cl)cccc2Cl)CC1. The number of nitrogens with one attached hydrogen (secondary N) is 1. The molecule has 5 rings (SSSR count). The Bertz CT molecular complexity index is 1490. The number of nitrogens with zero attached hydrogens (tertiary/aromatic N) is 4. The van der Waals surface area contributed by atoms with Crippen molar-refractivity contribution in [2.75, 3.05) is 36.0 Å². The molecule has 13 heteroatoms. The number of rotatable bonds is 4. The molecule has 0 spiro atoms. The second-order valence-electron chi connectivity index (χ2n) is 10.5. The van der Waals surface area contributed by atoms with Gasteiger partial charge in [0, 0.05) is 37.1 Å². The second kappa shape index (κ2) is 11.5. The minimum atomic E-state index is -0.715. The molecular formula is C28H27Cl2F2N5O3S. The lowest BCUT2D eigenvalue weighted by Gasteiger charge is -2.38. The molecule has 2 aromatic carbocycles. The van der Waals surface area contributed by atoms with E-state index in [0.29, 0.717) is 54.0 Å². The van der Waals surface area contributed by atoms with Crippen LogP contribution in [0.5, 0.6) is 0 Å². The highest BCUT2D eigenvalue weighted by atomic mass is 35.5. The van der Waals surface area contributed by atoms with Gasteiger partial charge >= 0.3 is 12.1 Å². The highest BCUT2D eigenvalue weighted by Gasteiger charge is 2.33. The van der Waals surface area contributed by atoms with Crippen molar-refractivity contribution in [1.82, 2.24) is 15.2 Å². The van der Waals surface area contributed by atoms with Crippen LogP contribution in [0, 0.1) is 11.6 Å². The normalized spacial score (nSPS) is 15.5. The quantitative estimate of drug-likeness (QED) is 0.331. The van der Waals surface area contributed by atoms with Gasteiger partial charge < -0.3 is 19.9 Å². The standard InChI is InChI=1S/C28H27Cl2F2N5O3S/c1-28(2,3)40-27(39)36-11-9-35(10-12-36)22-14-21-20(34-25(22)41-23-8-7-16(31)13-19(23)32)15-33-26(38)37(21)24-17(29)5-4-6-18(24)30/h4-8,13-14H,9-12,15H2,1-3H3,(H,33,38). The molecule has 3 amide bonds. The van der Waals surface area contributed by atoms with Crippen molar-refractivity contribution in [3.8, 4) is 0 Å². The Balaban J connectivity index is 1.55. The van der Waals surface area contributed by atoms with Crippen LogP contribution in [0.2, 0.25) is 10.0 Å². The molecule has 0 unspecified atom stereocenters. The molecule has 0 bridgehead atoms. The van der Waals surface area contributed by atoms with E-state index in [1.54, 1.807) is 29.2 Å². The third-order valence-corrected chi connectivity index (χ3v) is 8.06. The van der Waals surface area contributed by atoms with Gasteiger partial charge in [-0.25, -0.2) is 23.4 Å². The number of para-hydroxylation sites is 1. The Morgan fingerprint density at radius 2 is 1.71 bits per heavy atom. The molecule has 1 saturated heterocycles. The van der Waals surface area contributed by atoms with Gasteiger partial charge in [0.1, 0.15) is 22.3 Å². The zero-order chi connectivity index (χ0) is 29.5. The van der Waals surface area contributed by atoms with E-state index in [9.17, 15) is 18.4 Å².